The maximum absolute atomic E-state index is 13.4. The Morgan fingerprint density at radius 3 is 2.67 bits per heavy atom. The zero-order chi connectivity index (χ0) is 28.5. The minimum atomic E-state index is -1.51. The standard InChI is InChI=1S/C31H47N3O6/c1-29-11-8-22(35)18-21(29)4-5-23-24(29)9-12-30(2)25(23)10-13-31(30,39)26(36)19-40-28(38)7-6-27(37)33-14-3-16-34-17-15-32-20-34/h18,23-25,32,39H,3-17,19-20H2,1-2H3,(H,33,37)/t23-,24+,25+,29-,30+,31-/m0/s1. The highest BCUT2D eigenvalue weighted by molar-refractivity contribution is 5.92. The summed E-state index contributed by atoms with van der Waals surface area (Å²) in [6.07, 6.45) is 8.96. The van der Waals surface area contributed by atoms with Gasteiger partial charge < -0.3 is 20.5 Å². The van der Waals surface area contributed by atoms with E-state index < -0.39 is 29.4 Å². The first-order valence-electron chi connectivity index (χ1n) is 15.4. The lowest BCUT2D eigenvalue weighted by molar-refractivity contribution is -0.170. The molecule has 9 heteroatoms. The van der Waals surface area contributed by atoms with Gasteiger partial charge in [-0.25, -0.2) is 0 Å². The number of allylic oxidation sites excluding steroid dienone is 1. The Kier molecular flexibility index (Phi) is 8.56. The lowest BCUT2D eigenvalue weighted by Gasteiger charge is -2.58. The summed E-state index contributed by atoms with van der Waals surface area (Å²) < 4.78 is 5.27. The van der Waals surface area contributed by atoms with Gasteiger partial charge in [0.1, 0.15) is 5.60 Å². The van der Waals surface area contributed by atoms with Gasteiger partial charge in [0.25, 0.3) is 0 Å². The number of carbonyl (C=O) groups is 4. The lowest BCUT2D eigenvalue weighted by Crippen LogP contribution is -2.58. The highest BCUT2D eigenvalue weighted by Gasteiger charge is 2.66. The van der Waals surface area contributed by atoms with Crippen LogP contribution in [0.4, 0.5) is 0 Å². The predicted octanol–water partition coefficient (Wildman–Crippen LogP) is 2.51. The van der Waals surface area contributed by atoms with E-state index in [1.807, 2.05) is 6.08 Å². The maximum Gasteiger partial charge on any atom is 0.306 e. The molecular weight excluding hydrogens is 510 g/mol. The maximum atomic E-state index is 13.4. The Morgan fingerprint density at radius 2 is 1.90 bits per heavy atom. The first kappa shape index (κ1) is 29.4. The summed E-state index contributed by atoms with van der Waals surface area (Å²) in [5.41, 5.74) is -0.718. The molecule has 4 fully saturated rings. The number of aliphatic hydroxyl groups is 1. The average Bonchev–Trinajstić information content (AvgIpc) is 3.55. The number of rotatable bonds is 10. The van der Waals surface area contributed by atoms with Crippen molar-refractivity contribution in [1.82, 2.24) is 15.5 Å². The van der Waals surface area contributed by atoms with E-state index in [9.17, 15) is 24.3 Å². The van der Waals surface area contributed by atoms with Crippen LogP contribution in [0.3, 0.4) is 0 Å². The number of nitrogens with zero attached hydrogens (tertiary/aromatic N) is 1. The second-order valence-corrected chi connectivity index (χ2v) is 13.4. The third-order valence-corrected chi connectivity index (χ3v) is 11.4. The fourth-order valence-electron chi connectivity index (χ4n) is 8.95. The molecule has 0 unspecified atom stereocenters. The first-order valence-corrected chi connectivity index (χ1v) is 15.4. The largest absolute Gasteiger partial charge is 0.458 e. The second kappa shape index (κ2) is 11.6. The number of fused-ring (bicyclic) bond motifs is 5. The van der Waals surface area contributed by atoms with Crippen LogP contribution in [-0.4, -0.2) is 78.5 Å². The van der Waals surface area contributed by atoms with Gasteiger partial charge in [0, 0.05) is 51.1 Å². The molecule has 0 aromatic carbocycles. The number of esters is 1. The van der Waals surface area contributed by atoms with Gasteiger partial charge in [0.05, 0.1) is 6.42 Å². The monoisotopic (exact) mass is 557 g/mol. The molecule has 6 atom stereocenters. The second-order valence-electron chi connectivity index (χ2n) is 13.4. The van der Waals surface area contributed by atoms with Crippen molar-refractivity contribution in [1.29, 1.82) is 0 Å². The van der Waals surface area contributed by atoms with Crippen molar-refractivity contribution in [2.24, 2.45) is 28.6 Å². The first-order chi connectivity index (χ1) is 19.1. The van der Waals surface area contributed by atoms with Crippen LogP contribution in [0.1, 0.15) is 84.5 Å². The molecule has 5 aliphatic rings. The van der Waals surface area contributed by atoms with Crippen LogP contribution >= 0.6 is 0 Å². The molecule has 40 heavy (non-hydrogen) atoms. The summed E-state index contributed by atoms with van der Waals surface area (Å²) in [7, 11) is 0. The van der Waals surface area contributed by atoms with Crippen LogP contribution in [0.2, 0.25) is 0 Å². The van der Waals surface area contributed by atoms with Crippen molar-refractivity contribution in [3.63, 3.8) is 0 Å². The number of hydrogen-bond acceptors (Lipinski definition) is 8. The van der Waals surface area contributed by atoms with E-state index in [2.05, 4.69) is 29.4 Å². The Bertz CT molecular complexity index is 1050. The van der Waals surface area contributed by atoms with E-state index in [1.54, 1.807) is 0 Å². The fraction of sp³-hybridized carbons (Fsp3) is 0.806. The van der Waals surface area contributed by atoms with Crippen molar-refractivity contribution >= 4 is 23.4 Å². The molecule has 0 bridgehead atoms. The summed E-state index contributed by atoms with van der Waals surface area (Å²) >= 11 is 0. The molecule has 5 rings (SSSR count). The van der Waals surface area contributed by atoms with Crippen LogP contribution in [0, 0.1) is 28.6 Å². The van der Waals surface area contributed by atoms with Crippen molar-refractivity contribution in [2.75, 3.05) is 39.5 Å². The highest BCUT2D eigenvalue weighted by Crippen LogP contribution is 2.67. The molecule has 1 heterocycles. The Hall–Kier alpha value is -2.10. The molecule has 0 radical (unpaired) electrons. The van der Waals surface area contributed by atoms with E-state index in [0.717, 1.165) is 71.2 Å². The normalized spacial score (nSPS) is 37.2. The minimum Gasteiger partial charge on any atom is -0.458 e. The minimum absolute atomic E-state index is 0.0201. The molecule has 1 saturated heterocycles. The molecule has 4 aliphatic carbocycles. The zero-order valence-corrected chi connectivity index (χ0v) is 24.3. The molecule has 1 aliphatic heterocycles. The Balaban J connectivity index is 1.09. The average molecular weight is 558 g/mol. The Morgan fingerprint density at radius 1 is 1.10 bits per heavy atom. The van der Waals surface area contributed by atoms with Crippen LogP contribution in [0.25, 0.3) is 0 Å². The molecule has 3 N–H and O–H groups in total. The molecular formula is C31H47N3O6. The number of ketones is 2. The van der Waals surface area contributed by atoms with Gasteiger partial charge in [0.15, 0.2) is 12.4 Å². The van der Waals surface area contributed by atoms with E-state index in [4.69, 9.17) is 4.74 Å². The van der Waals surface area contributed by atoms with Gasteiger partial charge in [-0.15, -0.1) is 0 Å². The number of hydrogen-bond donors (Lipinski definition) is 3. The molecule has 0 aromatic heterocycles. The highest BCUT2D eigenvalue weighted by atomic mass is 16.5. The third-order valence-electron chi connectivity index (χ3n) is 11.4. The Labute approximate surface area is 237 Å². The molecule has 0 spiro atoms. The molecule has 0 aromatic rings. The van der Waals surface area contributed by atoms with Crippen LogP contribution in [0.15, 0.2) is 11.6 Å². The molecule has 1 amide bonds. The number of ether oxygens (including phenoxy) is 1. The van der Waals surface area contributed by atoms with E-state index in [-0.39, 0.29) is 35.9 Å². The topological polar surface area (TPSA) is 125 Å². The number of carbonyl (C=O) groups excluding carboxylic acids is 4. The number of nitrogens with one attached hydrogen (secondary N) is 2. The summed E-state index contributed by atoms with van der Waals surface area (Å²) in [5.74, 6) is 0.152. The van der Waals surface area contributed by atoms with Gasteiger partial charge >= 0.3 is 5.97 Å². The van der Waals surface area contributed by atoms with Gasteiger partial charge in [-0.3, -0.25) is 24.1 Å². The summed E-state index contributed by atoms with van der Waals surface area (Å²) in [4.78, 5) is 52.2. The summed E-state index contributed by atoms with van der Waals surface area (Å²) in [6.45, 7) is 8.31. The van der Waals surface area contributed by atoms with E-state index >= 15 is 0 Å². The smallest absolute Gasteiger partial charge is 0.306 e. The van der Waals surface area contributed by atoms with E-state index in [1.165, 1.54) is 5.57 Å². The van der Waals surface area contributed by atoms with E-state index in [0.29, 0.717) is 31.2 Å². The molecule has 9 nitrogen and oxygen atoms in total. The summed E-state index contributed by atoms with van der Waals surface area (Å²) in [5, 5.41) is 17.9. The fourth-order valence-corrected chi connectivity index (χ4v) is 8.95. The van der Waals surface area contributed by atoms with Gasteiger partial charge in [0.2, 0.25) is 11.7 Å². The van der Waals surface area contributed by atoms with Crippen molar-refractivity contribution in [3.8, 4) is 0 Å². The number of Topliss-reactive ketones (excluding diaryl/α,β-unsaturated/α-hetero) is 1. The van der Waals surface area contributed by atoms with Crippen molar-refractivity contribution < 1.29 is 29.0 Å². The SMILES string of the molecule is C[C@]12CCC(=O)C=C1CC[C@H]1[C@H]2CC[C@]2(C)[C@@H]1CC[C@]2(O)C(=O)COC(=O)CCC(=O)NCCCN1CCNC1. The molecule has 3 saturated carbocycles. The van der Waals surface area contributed by atoms with Crippen molar-refractivity contribution in [3.05, 3.63) is 11.6 Å². The zero-order valence-electron chi connectivity index (χ0n) is 24.3. The van der Waals surface area contributed by atoms with Crippen LogP contribution in [0.5, 0.6) is 0 Å². The quantitative estimate of drug-likeness (QED) is 0.277. The van der Waals surface area contributed by atoms with Gasteiger partial charge in [-0.05, 0) is 80.6 Å². The third kappa shape index (κ3) is 5.41. The lowest BCUT2D eigenvalue weighted by atomic mass is 9.46. The predicted molar refractivity (Wildman–Crippen MR) is 149 cm³/mol. The molecule has 222 valence electrons. The van der Waals surface area contributed by atoms with Gasteiger partial charge in [-0.1, -0.05) is 19.4 Å². The number of amides is 1. The van der Waals surface area contributed by atoms with Crippen molar-refractivity contribution in [2.45, 2.75) is 90.1 Å². The van der Waals surface area contributed by atoms with Crippen LogP contribution < -0.4 is 10.6 Å². The van der Waals surface area contributed by atoms with Gasteiger partial charge in [-0.2, -0.15) is 0 Å². The summed E-state index contributed by atoms with van der Waals surface area (Å²) in [6, 6.07) is 0. The van der Waals surface area contributed by atoms with Crippen LogP contribution in [-0.2, 0) is 23.9 Å².